The van der Waals surface area contributed by atoms with Crippen molar-refractivity contribution in [2.45, 2.75) is 13.0 Å². The van der Waals surface area contributed by atoms with Crippen molar-refractivity contribution in [1.82, 2.24) is 0 Å². The molecule has 1 unspecified atom stereocenters. The molecule has 0 radical (unpaired) electrons. The van der Waals surface area contributed by atoms with Crippen molar-refractivity contribution in [2.75, 3.05) is 6.61 Å². The van der Waals surface area contributed by atoms with E-state index in [1.165, 1.54) is 6.92 Å². The topological polar surface area (TPSA) is 80.9 Å². The Labute approximate surface area is 53.7 Å². The first-order chi connectivity index (χ1) is 3.27. The number of aliphatic hydroxyl groups excluding tert-OH is 2. The minimum atomic E-state index is -0.560. The highest BCUT2D eigenvalue weighted by Crippen LogP contribution is 1.68. The molecule has 4 N–H and O–H groups in total. The molecule has 0 saturated heterocycles. The summed E-state index contributed by atoms with van der Waals surface area (Å²) >= 11 is 0. The summed E-state index contributed by atoms with van der Waals surface area (Å²) in [5.41, 5.74) is 0. The molecule has 0 spiro atoms. The molecule has 0 rings (SSSR count). The smallest absolute Gasteiger partial charge is 0.0742 e. The van der Waals surface area contributed by atoms with Gasteiger partial charge in [0.05, 0.1) is 12.7 Å². The Morgan fingerprint density at radius 1 is 1.38 bits per heavy atom. The van der Waals surface area contributed by atoms with E-state index in [4.69, 9.17) is 20.7 Å². The van der Waals surface area contributed by atoms with Gasteiger partial charge in [0.1, 0.15) is 0 Å². The van der Waals surface area contributed by atoms with Crippen LogP contribution < -0.4 is 0 Å². The molecule has 8 heavy (non-hydrogen) atoms. The molecule has 0 aromatic carbocycles. The summed E-state index contributed by atoms with van der Waals surface area (Å²) in [5.74, 6) is 0. The highest BCUT2D eigenvalue weighted by molar-refractivity contribution is 5.85. The quantitative estimate of drug-likeness (QED) is 0.305. The van der Waals surface area contributed by atoms with E-state index < -0.39 is 6.10 Å². The van der Waals surface area contributed by atoms with Crippen molar-refractivity contribution >= 4 is 12.4 Å². The number of hydrogen-bond acceptors (Lipinski definition) is 4. The number of aliphatic hydroxyl groups is 2. The van der Waals surface area contributed by atoms with Crippen LogP contribution in [-0.2, 0) is 0 Å². The van der Waals surface area contributed by atoms with Crippen LogP contribution in [0.15, 0.2) is 0 Å². The molecule has 4 nitrogen and oxygen atoms in total. The van der Waals surface area contributed by atoms with E-state index in [0.717, 1.165) is 0 Å². The molecule has 0 amide bonds. The van der Waals surface area contributed by atoms with Gasteiger partial charge >= 0.3 is 0 Å². The summed E-state index contributed by atoms with van der Waals surface area (Å²) in [6.07, 6.45) is -0.560. The van der Waals surface area contributed by atoms with Gasteiger partial charge in [-0.05, 0) is 6.92 Å². The van der Waals surface area contributed by atoms with Crippen LogP contribution in [0.25, 0.3) is 0 Å². The van der Waals surface area contributed by atoms with Crippen LogP contribution in [0, 0.1) is 0 Å². The van der Waals surface area contributed by atoms with Crippen LogP contribution in [0.1, 0.15) is 6.92 Å². The molecule has 0 bridgehead atoms. The fraction of sp³-hybridized carbons (Fsp3) is 1.00. The van der Waals surface area contributed by atoms with Gasteiger partial charge in [0, 0.05) is 0 Å². The predicted molar refractivity (Wildman–Crippen MR) is 31.3 cm³/mol. The maximum atomic E-state index is 8.11. The van der Waals surface area contributed by atoms with E-state index in [1.807, 2.05) is 0 Å². The zero-order valence-electron chi connectivity index (χ0n) is 4.48. The van der Waals surface area contributed by atoms with Crippen LogP contribution >= 0.6 is 12.4 Å². The van der Waals surface area contributed by atoms with E-state index in [-0.39, 0.29) is 19.0 Å². The fourth-order valence-corrected chi connectivity index (χ4v) is 0. The van der Waals surface area contributed by atoms with Gasteiger partial charge in [0.2, 0.25) is 0 Å². The Bertz CT molecular complexity index is 25.2. The van der Waals surface area contributed by atoms with Crippen molar-refractivity contribution in [2.24, 2.45) is 0 Å². The first-order valence-corrected chi connectivity index (χ1v) is 1.76. The second-order valence-corrected chi connectivity index (χ2v) is 1.03. The number of halogens is 1. The normalized spacial score (nSPS) is 10.1. The second-order valence-electron chi connectivity index (χ2n) is 1.03. The Morgan fingerprint density at radius 3 is 1.50 bits per heavy atom. The van der Waals surface area contributed by atoms with E-state index in [0.29, 0.717) is 0 Å². The van der Waals surface area contributed by atoms with E-state index in [2.05, 4.69) is 0 Å². The Hall–Kier alpha value is 0.130. The van der Waals surface area contributed by atoms with Gasteiger partial charge in [-0.2, -0.15) is 0 Å². The Morgan fingerprint density at radius 2 is 1.50 bits per heavy atom. The highest BCUT2D eigenvalue weighted by atomic mass is 35.5. The van der Waals surface area contributed by atoms with Crippen molar-refractivity contribution < 1.29 is 20.7 Å². The largest absolute Gasteiger partial charge is 0.394 e. The van der Waals surface area contributed by atoms with Gasteiger partial charge in [0.15, 0.2) is 0 Å². The van der Waals surface area contributed by atoms with Gasteiger partial charge in [-0.1, -0.05) is 0 Å². The molecule has 0 aliphatic carbocycles. The molecule has 54 valence electrons. The molecule has 5 heteroatoms. The molecular weight excluding hydrogens is 135 g/mol. The summed E-state index contributed by atoms with van der Waals surface area (Å²) < 4.78 is 0. The molecular formula is C3H11ClO4. The summed E-state index contributed by atoms with van der Waals surface area (Å²) in [7, 11) is 0. The van der Waals surface area contributed by atoms with Gasteiger partial charge in [0.25, 0.3) is 0 Å². The molecule has 0 aromatic rings. The average Bonchev–Trinajstić information content (AvgIpc) is 1.73. The standard InChI is InChI=1S/C3H8O2.ClH.H2O2/c1-3(5)2-4;;1-2/h3-5H,2H2,1H3;1H;1-2H. The molecule has 0 aromatic heterocycles. The lowest BCUT2D eigenvalue weighted by Gasteiger charge is -1.90. The summed E-state index contributed by atoms with van der Waals surface area (Å²) in [5, 5.41) is 28.0. The third kappa shape index (κ3) is 35.6. The summed E-state index contributed by atoms with van der Waals surface area (Å²) in [4.78, 5) is 0. The first kappa shape index (κ1) is 15.7. The minimum Gasteiger partial charge on any atom is -0.394 e. The molecule has 0 heterocycles. The fourth-order valence-electron chi connectivity index (χ4n) is 0. The molecule has 0 saturated carbocycles. The van der Waals surface area contributed by atoms with Crippen molar-refractivity contribution in [3.63, 3.8) is 0 Å². The predicted octanol–water partition coefficient (Wildman–Crippen LogP) is -0.201. The van der Waals surface area contributed by atoms with Crippen molar-refractivity contribution in [1.29, 1.82) is 0 Å². The second kappa shape index (κ2) is 15.7. The molecule has 1 atom stereocenters. The van der Waals surface area contributed by atoms with Gasteiger partial charge in [-0.3, -0.25) is 10.5 Å². The maximum absolute atomic E-state index is 8.11. The van der Waals surface area contributed by atoms with Crippen molar-refractivity contribution in [3.8, 4) is 0 Å². The van der Waals surface area contributed by atoms with E-state index in [1.54, 1.807) is 0 Å². The monoisotopic (exact) mass is 146 g/mol. The van der Waals surface area contributed by atoms with Crippen LogP contribution in [0.2, 0.25) is 0 Å². The SMILES string of the molecule is CC(O)CO.Cl.OO. The van der Waals surface area contributed by atoms with Gasteiger partial charge in [-0.25, -0.2) is 0 Å². The van der Waals surface area contributed by atoms with Gasteiger partial charge in [-0.15, -0.1) is 12.4 Å². The number of hydrogen-bond donors (Lipinski definition) is 4. The summed E-state index contributed by atoms with van der Waals surface area (Å²) in [6, 6.07) is 0. The lowest BCUT2D eigenvalue weighted by molar-refractivity contribution is -0.176. The number of rotatable bonds is 1. The summed E-state index contributed by atoms with van der Waals surface area (Å²) in [6.45, 7) is 1.39. The molecule has 0 aliphatic heterocycles. The van der Waals surface area contributed by atoms with Gasteiger partial charge < -0.3 is 10.2 Å². The zero-order chi connectivity index (χ0) is 6.28. The lowest BCUT2D eigenvalue weighted by atomic mass is 10.5. The Balaban J connectivity index is -0.0000000750. The zero-order valence-corrected chi connectivity index (χ0v) is 5.30. The maximum Gasteiger partial charge on any atom is 0.0742 e. The Kier molecular flexibility index (Phi) is 30.8. The van der Waals surface area contributed by atoms with Crippen molar-refractivity contribution in [3.05, 3.63) is 0 Å². The third-order valence-electron chi connectivity index (χ3n) is 0.264. The van der Waals surface area contributed by atoms with Crippen LogP contribution in [-0.4, -0.2) is 33.4 Å². The first-order valence-electron chi connectivity index (χ1n) is 1.76. The highest BCUT2D eigenvalue weighted by Gasteiger charge is 1.83. The lowest BCUT2D eigenvalue weighted by Crippen LogP contribution is -2.03. The van der Waals surface area contributed by atoms with Crippen LogP contribution in [0.4, 0.5) is 0 Å². The molecule has 0 fully saturated rings. The van der Waals surface area contributed by atoms with E-state index in [9.17, 15) is 0 Å². The average molecular weight is 147 g/mol. The third-order valence-corrected chi connectivity index (χ3v) is 0.264. The van der Waals surface area contributed by atoms with Crippen LogP contribution in [0.5, 0.6) is 0 Å². The van der Waals surface area contributed by atoms with Crippen LogP contribution in [0.3, 0.4) is 0 Å². The minimum absolute atomic E-state index is 0. The molecule has 0 aliphatic rings. The van der Waals surface area contributed by atoms with E-state index >= 15 is 0 Å².